The number of carbonyl (C=O) groups excluding carboxylic acids is 6. The predicted molar refractivity (Wildman–Crippen MR) is 142 cm³/mol. The third-order valence-electron chi connectivity index (χ3n) is 6.07. The highest BCUT2D eigenvalue weighted by Crippen LogP contribution is 2.25. The lowest BCUT2D eigenvalue weighted by atomic mass is 10.0. The number of ether oxygens (including phenoxy) is 1. The van der Waals surface area contributed by atoms with Gasteiger partial charge in [-0.2, -0.15) is 5.10 Å². The fourth-order valence-electron chi connectivity index (χ4n) is 4.41. The maximum Gasteiger partial charge on any atom is 0.332 e. The summed E-state index contributed by atoms with van der Waals surface area (Å²) in [6, 6.07) is 4.23. The normalized spacial score (nSPS) is 20.3. The molecule has 2 fully saturated rings. The van der Waals surface area contributed by atoms with E-state index < -0.39 is 53.4 Å². The number of nitrogens with one attached hydrogen (secondary N) is 3. The molecule has 2 aliphatic heterocycles. The minimum atomic E-state index is -1.10. The molecule has 0 radical (unpaired) electrons. The van der Waals surface area contributed by atoms with Gasteiger partial charge in [-0.25, -0.2) is 15.2 Å². The van der Waals surface area contributed by atoms with Crippen LogP contribution in [0.15, 0.2) is 35.4 Å². The molecule has 2 saturated heterocycles. The van der Waals surface area contributed by atoms with Gasteiger partial charge in [0.05, 0.1) is 12.5 Å². The summed E-state index contributed by atoms with van der Waals surface area (Å²) in [5, 5.41) is 11.3. The molecular weight excluding hydrogens is 522 g/mol. The molecule has 1 aromatic rings. The molecule has 0 unspecified atom stereocenters. The smallest absolute Gasteiger partial charge is 0.332 e. The second kappa shape index (κ2) is 13.0. The molecule has 6 amide bonds. The summed E-state index contributed by atoms with van der Waals surface area (Å²) in [5.41, 5.74) is 6.60. The molecule has 0 saturated carbocycles. The van der Waals surface area contributed by atoms with Gasteiger partial charge in [0, 0.05) is 24.7 Å². The number of amides is 6. The van der Waals surface area contributed by atoms with Crippen molar-refractivity contribution in [3.63, 3.8) is 0 Å². The summed E-state index contributed by atoms with van der Waals surface area (Å²) in [5.74, 6) is -2.71. The highest BCUT2D eigenvalue weighted by molar-refractivity contribution is 6.00. The quantitative estimate of drug-likeness (QED) is 0.199. The maximum atomic E-state index is 13.6. The van der Waals surface area contributed by atoms with E-state index in [9.17, 15) is 28.8 Å². The van der Waals surface area contributed by atoms with Crippen LogP contribution in [0.4, 0.5) is 4.79 Å². The van der Waals surface area contributed by atoms with Crippen molar-refractivity contribution in [2.75, 3.05) is 6.54 Å². The number of nitrogens with two attached hydrogens (primary N) is 1. The van der Waals surface area contributed by atoms with Crippen LogP contribution in [-0.4, -0.2) is 82.1 Å². The van der Waals surface area contributed by atoms with Gasteiger partial charge in [0.15, 0.2) is 0 Å². The molecule has 0 spiro atoms. The third kappa shape index (κ3) is 8.25. The van der Waals surface area contributed by atoms with Gasteiger partial charge in [-0.3, -0.25) is 29.0 Å². The van der Waals surface area contributed by atoms with E-state index in [0.717, 1.165) is 11.2 Å². The van der Waals surface area contributed by atoms with Crippen molar-refractivity contribution in [3.05, 3.63) is 35.9 Å². The predicted octanol–water partition coefficient (Wildman–Crippen LogP) is 0.184. The van der Waals surface area contributed by atoms with E-state index in [1.165, 1.54) is 5.01 Å². The fraction of sp³-hybridized carbons (Fsp3) is 0.500. The summed E-state index contributed by atoms with van der Waals surface area (Å²) in [6.07, 6.45) is 1.55. The standard InChI is InChI=1S/C26H35N7O7/c1-26(2,3)40-21(35)14-17(15-28-31-25(27)39)29-23(37)19-10-7-13-32-20(34)12-11-18(24(38)33(19)32)30-22(36)16-8-5-4-6-9-16/h4-6,8-9,15,17-19H,7,10-14H2,1-3H3,(H,29,37)(H,30,36)(H3,27,31,39)/b28-15+/t17-,18-,19-/m0/s1. The average Bonchev–Trinajstić information content (AvgIpc) is 2.99. The summed E-state index contributed by atoms with van der Waals surface area (Å²) in [7, 11) is 0. The summed E-state index contributed by atoms with van der Waals surface area (Å²) in [4.78, 5) is 76.3. The van der Waals surface area contributed by atoms with E-state index in [4.69, 9.17) is 10.5 Å². The maximum absolute atomic E-state index is 13.6. The van der Waals surface area contributed by atoms with Crippen LogP contribution in [0.25, 0.3) is 0 Å². The molecule has 3 atom stereocenters. The first-order valence-corrected chi connectivity index (χ1v) is 13.0. The van der Waals surface area contributed by atoms with Crippen molar-refractivity contribution < 1.29 is 33.5 Å². The van der Waals surface area contributed by atoms with Crippen LogP contribution in [0.1, 0.15) is 63.2 Å². The molecular formula is C26H35N7O7. The Morgan fingerprint density at radius 1 is 1.15 bits per heavy atom. The number of carbonyl (C=O) groups is 6. The van der Waals surface area contributed by atoms with Crippen LogP contribution in [-0.2, 0) is 23.9 Å². The first-order valence-electron chi connectivity index (χ1n) is 13.0. The largest absolute Gasteiger partial charge is 0.460 e. The van der Waals surface area contributed by atoms with Crippen molar-refractivity contribution in [1.82, 2.24) is 26.1 Å². The molecule has 1 aromatic carbocycles. The number of urea groups is 1. The van der Waals surface area contributed by atoms with Crippen molar-refractivity contribution in [2.45, 2.75) is 76.6 Å². The van der Waals surface area contributed by atoms with Gasteiger partial charge in [0.25, 0.3) is 11.8 Å². The third-order valence-corrected chi connectivity index (χ3v) is 6.07. The zero-order chi connectivity index (χ0) is 29.4. The van der Waals surface area contributed by atoms with Crippen molar-refractivity contribution in [3.8, 4) is 0 Å². The SMILES string of the molecule is CC(C)(C)OC(=O)C[C@@H](/C=N/NC(N)=O)NC(=O)[C@@H]1CCCN2C(=O)CC[C@H](NC(=O)c3ccccc3)C(=O)N12. The summed E-state index contributed by atoms with van der Waals surface area (Å²) < 4.78 is 5.32. The molecule has 3 rings (SSSR count). The van der Waals surface area contributed by atoms with Crippen LogP contribution >= 0.6 is 0 Å². The molecule has 14 heteroatoms. The average molecular weight is 558 g/mol. The first-order chi connectivity index (χ1) is 18.9. The highest BCUT2D eigenvalue weighted by atomic mass is 16.6. The number of fused-ring (bicyclic) bond motifs is 1. The van der Waals surface area contributed by atoms with Gasteiger partial charge in [0.2, 0.25) is 11.8 Å². The Kier molecular flexibility index (Phi) is 9.80. The van der Waals surface area contributed by atoms with E-state index in [1.807, 2.05) is 5.43 Å². The second-order valence-electron chi connectivity index (χ2n) is 10.4. The van der Waals surface area contributed by atoms with Gasteiger partial charge in [-0.1, -0.05) is 18.2 Å². The van der Waals surface area contributed by atoms with Crippen molar-refractivity contribution >= 4 is 41.8 Å². The van der Waals surface area contributed by atoms with E-state index in [2.05, 4.69) is 15.7 Å². The molecule has 40 heavy (non-hydrogen) atoms. The van der Waals surface area contributed by atoms with Crippen LogP contribution in [0.5, 0.6) is 0 Å². The van der Waals surface area contributed by atoms with Crippen molar-refractivity contribution in [2.24, 2.45) is 10.8 Å². The first kappa shape index (κ1) is 30.1. The molecule has 14 nitrogen and oxygen atoms in total. The number of hydrogen-bond acceptors (Lipinski definition) is 8. The van der Waals surface area contributed by atoms with E-state index in [0.29, 0.717) is 12.0 Å². The van der Waals surface area contributed by atoms with Gasteiger partial charge < -0.3 is 21.1 Å². The summed E-state index contributed by atoms with van der Waals surface area (Å²) in [6.45, 7) is 5.30. The van der Waals surface area contributed by atoms with E-state index in [-0.39, 0.29) is 38.1 Å². The molecule has 5 N–H and O–H groups in total. The van der Waals surface area contributed by atoms with Gasteiger partial charge in [-0.05, 0) is 52.2 Å². The number of benzene rings is 1. The van der Waals surface area contributed by atoms with Gasteiger partial charge in [0.1, 0.15) is 17.7 Å². The number of primary amides is 1. The minimum absolute atomic E-state index is 0.00300. The lowest BCUT2D eigenvalue weighted by molar-refractivity contribution is -0.176. The summed E-state index contributed by atoms with van der Waals surface area (Å²) >= 11 is 0. The molecule has 0 bridgehead atoms. The Morgan fingerprint density at radius 2 is 1.85 bits per heavy atom. The Bertz CT molecular complexity index is 1170. The Balaban J connectivity index is 1.80. The molecule has 0 aliphatic carbocycles. The van der Waals surface area contributed by atoms with E-state index in [1.54, 1.807) is 51.1 Å². The van der Waals surface area contributed by atoms with Crippen LogP contribution in [0, 0.1) is 0 Å². The Labute approximate surface area is 231 Å². The van der Waals surface area contributed by atoms with Crippen molar-refractivity contribution in [1.29, 1.82) is 0 Å². The number of hydrogen-bond donors (Lipinski definition) is 4. The lowest BCUT2D eigenvalue weighted by Crippen LogP contribution is -2.64. The van der Waals surface area contributed by atoms with Crippen LogP contribution in [0.3, 0.4) is 0 Å². The number of hydrazine groups is 1. The Morgan fingerprint density at radius 3 is 2.50 bits per heavy atom. The zero-order valence-electron chi connectivity index (χ0n) is 22.7. The lowest BCUT2D eigenvalue weighted by Gasteiger charge is -2.43. The monoisotopic (exact) mass is 557 g/mol. The van der Waals surface area contributed by atoms with E-state index >= 15 is 0 Å². The molecule has 216 valence electrons. The van der Waals surface area contributed by atoms with Gasteiger partial charge in [-0.15, -0.1) is 0 Å². The number of nitrogens with zero attached hydrogens (tertiary/aromatic N) is 3. The van der Waals surface area contributed by atoms with Crippen LogP contribution in [0.2, 0.25) is 0 Å². The minimum Gasteiger partial charge on any atom is -0.460 e. The fourth-order valence-corrected chi connectivity index (χ4v) is 4.41. The highest BCUT2D eigenvalue weighted by Gasteiger charge is 2.45. The Hall–Kier alpha value is -4.49. The van der Waals surface area contributed by atoms with Gasteiger partial charge >= 0.3 is 12.0 Å². The number of esters is 1. The number of hydrazone groups is 1. The molecule has 0 aromatic heterocycles. The zero-order valence-corrected chi connectivity index (χ0v) is 22.7. The number of rotatable bonds is 8. The topological polar surface area (TPSA) is 193 Å². The molecule has 2 heterocycles. The second-order valence-corrected chi connectivity index (χ2v) is 10.4. The van der Waals surface area contributed by atoms with Crippen LogP contribution < -0.4 is 21.8 Å². The molecule has 2 aliphatic rings.